The molecule has 0 radical (unpaired) electrons. The highest BCUT2D eigenvalue weighted by molar-refractivity contribution is 5.74. The molecule has 1 rings (SSSR count). The van der Waals surface area contributed by atoms with E-state index < -0.39 is 67.3 Å². The summed E-state index contributed by atoms with van der Waals surface area (Å²) in [6.45, 7) is 5.80. The third kappa shape index (κ3) is 34.6. The van der Waals surface area contributed by atoms with Crippen LogP contribution in [0.3, 0.4) is 0 Å². The van der Waals surface area contributed by atoms with Gasteiger partial charge in [-0.05, 0) is 57.8 Å². The molecule has 1 aliphatic rings. The Balaban J connectivity index is 2.73. The molecule has 3 N–H and O–H groups in total. The summed E-state index contributed by atoms with van der Waals surface area (Å²) in [6.07, 6.45) is 38.2. The number of hydrogen-bond acceptors (Lipinski definition) is 11. The van der Waals surface area contributed by atoms with Crippen LogP contribution in [0.2, 0.25) is 0 Å². The van der Waals surface area contributed by atoms with Crippen molar-refractivity contribution in [3.05, 3.63) is 48.6 Å². The van der Waals surface area contributed by atoms with E-state index in [9.17, 15) is 34.5 Å². The summed E-state index contributed by atoms with van der Waals surface area (Å²) in [6, 6.07) is 0. The number of ether oxygens (including phenoxy) is 5. The van der Waals surface area contributed by atoms with Gasteiger partial charge < -0.3 is 39.0 Å². The number of rotatable bonds is 44. The van der Waals surface area contributed by atoms with E-state index in [4.69, 9.17) is 23.7 Å². The number of carbonyl (C=O) groups excluding carboxylic acids is 3. The van der Waals surface area contributed by atoms with Gasteiger partial charge >= 0.3 is 23.9 Å². The van der Waals surface area contributed by atoms with Crippen molar-refractivity contribution in [2.45, 2.75) is 263 Å². The highest BCUT2D eigenvalue weighted by Gasteiger charge is 2.50. The third-order valence-electron chi connectivity index (χ3n) is 11.9. The van der Waals surface area contributed by atoms with Crippen molar-refractivity contribution in [1.29, 1.82) is 0 Å². The van der Waals surface area contributed by atoms with E-state index in [0.29, 0.717) is 19.3 Å². The number of hydrogen-bond donors (Lipinski definition) is 3. The summed E-state index contributed by atoms with van der Waals surface area (Å²) >= 11 is 0. The molecule has 1 saturated heterocycles. The van der Waals surface area contributed by atoms with Crippen molar-refractivity contribution >= 4 is 23.9 Å². The minimum atomic E-state index is -1.90. The van der Waals surface area contributed by atoms with Crippen LogP contribution < -0.4 is 0 Å². The van der Waals surface area contributed by atoms with Crippen molar-refractivity contribution in [2.24, 2.45) is 0 Å². The van der Waals surface area contributed by atoms with Crippen molar-refractivity contribution in [3.8, 4) is 0 Å². The summed E-state index contributed by atoms with van der Waals surface area (Å²) < 4.78 is 28.2. The molecule has 67 heavy (non-hydrogen) atoms. The molecular formula is C55H94O12. The second-order valence-electron chi connectivity index (χ2n) is 18.1. The Morgan fingerprint density at radius 3 is 1.43 bits per heavy atom. The Labute approximate surface area is 405 Å². The fourth-order valence-electron chi connectivity index (χ4n) is 7.83. The van der Waals surface area contributed by atoms with Crippen LogP contribution in [0.25, 0.3) is 0 Å². The lowest BCUT2D eigenvalue weighted by atomic mass is 9.98. The summed E-state index contributed by atoms with van der Waals surface area (Å²) in [7, 11) is 0. The van der Waals surface area contributed by atoms with E-state index in [2.05, 4.69) is 69.4 Å². The number of unbranched alkanes of at least 4 members (excludes halogenated alkanes) is 22. The summed E-state index contributed by atoms with van der Waals surface area (Å²) in [4.78, 5) is 50.8. The lowest BCUT2D eigenvalue weighted by Crippen LogP contribution is -2.61. The van der Waals surface area contributed by atoms with Crippen LogP contribution in [0.1, 0.15) is 226 Å². The Kier molecular flexibility index (Phi) is 40.4. The van der Waals surface area contributed by atoms with Crippen LogP contribution in [-0.4, -0.2) is 89.2 Å². The molecule has 0 aromatic rings. The van der Waals surface area contributed by atoms with Crippen LogP contribution in [0.4, 0.5) is 0 Å². The first-order valence-corrected chi connectivity index (χ1v) is 26.6. The molecule has 0 bridgehead atoms. The van der Waals surface area contributed by atoms with Crippen LogP contribution in [0.15, 0.2) is 48.6 Å². The number of carbonyl (C=O) groups is 4. The quantitative estimate of drug-likeness (QED) is 0.0228. The van der Waals surface area contributed by atoms with Gasteiger partial charge in [0.25, 0.3) is 0 Å². The molecule has 0 aromatic carbocycles. The van der Waals surface area contributed by atoms with Crippen molar-refractivity contribution in [2.75, 3.05) is 13.2 Å². The van der Waals surface area contributed by atoms with Gasteiger partial charge in [0, 0.05) is 19.3 Å². The van der Waals surface area contributed by atoms with E-state index >= 15 is 0 Å². The fraction of sp³-hybridized carbons (Fsp3) is 0.782. The molecule has 0 spiro atoms. The first-order chi connectivity index (χ1) is 32.6. The van der Waals surface area contributed by atoms with Gasteiger partial charge in [0.15, 0.2) is 24.6 Å². The van der Waals surface area contributed by atoms with Gasteiger partial charge in [0.1, 0.15) is 18.8 Å². The van der Waals surface area contributed by atoms with Gasteiger partial charge in [-0.25, -0.2) is 4.79 Å². The maximum absolute atomic E-state index is 13.0. The van der Waals surface area contributed by atoms with Crippen molar-refractivity contribution in [3.63, 3.8) is 0 Å². The van der Waals surface area contributed by atoms with Crippen LogP contribution >= 0.6 is 0 Å². The number of esters is 3. The predicted molar refractivity (Wildman–Crippen MR) is 266 cm³/mol. The first kappa shape index (κ1) is 61.7. The van der Waals surface area contributed by atoms with Gasteiger partial charge in [-0.1, -0.05) is 198 Å². The number of aliphatic hydroxyl groups excluding tert-OH is 2. The third-order valence-corrected chi connectivity index (χ3v) is 11.9. The Bertz CT molecular complexity index is 1360. The van der Waals surface area contributed by atoms with E-state index in [0.717, 1.165) is 83.5 Å². The van der Waals surface area contributed by atoms with Gasteiger partial charge in [0.2, 0.25) is 0 Å². The Morgan fingerprint density at radius 2 is 0.940 bits per heavy atom. The Morgan fingerprint density at radius 1 is 0.507 bits per heavy atom. The molecule has 1 heterocycles. The predicted octanol–water partition coefficient (Wildman–Crippen LogP) is 12.7. The van der Waals surface area contributed by atoms with Gasteiger partial charge in [-0.15, -0.1) is 0 Å². The summed E-state index contributed by atoms with van der Waals surface area (Å²) in [5.41, 5.74) is 0. The minimum absolute atomic E-state index is 0.0602. The van der Waals surface area contributed by atoms with Gasteiger partial charge in [-0.2, -0.15) is 0 Å². The monoisotopic (exact) mass is 947 g/mol. The van der Waals surface area contributed by atoms with E-state index in [1.807, 2.05) is 0 Å². The summed E-state index contributed by atoms with van der Waals surface area (Å²) in [5, 5.41) is 31.3. The van der Waals surface area contributed by atoms with E-state index in [1.54, 1.807) is 0 Å². The number of aliphatic hydroxyl groups is 2. The molecule has 0 aliphatic carbocycles. The molecule has 0 aromatic heterocycles. The largest absolute Gasteiger partial charge is 0.479 e. The second kappa shape index (κ2) is 43.9. The first-order valence-electron chi connectivity index (χ1n) is 26.6. The normalized spacial score (nSPS) is 19.2. The molecule has 1 fully saturated rings. The highest BCUT2D eigenvalue weighted by Crippen LogP contribution is 2.26. The maximum Gasteiger partial charge on any atom is 0.335 e. The van der Waals surface area contributed by atoms with Crippen molar-refractivity contribution < 1.29 is 58.2 Å². The number of carboxylic acid groups (broad SMARTS) is 1. The smallest absolute Gasteiger partial charge is 0.335 e. The maximum atomic E-state index is 13.0. The van der Waals surface area contributed by atoms with Gasteiger partial charge in [-0.3, -0.25) is 14.4 Å². The molecule has 0 amide bonds. The Hall–Kier alpha value is -3.32. The van der Waals surface area contributed by atoms with E-state index in [1.165, 1.54) is 83.5 Å². The number of aliphatic carboxylic acids is 1. The molecule has 6 unspecified atom stereocenters. The van der Waals surface area contributed by atoms with E-state index in [-0.39, 0.29) is 25.9 Å². The lowest BCUT2D eigenvalue weighted by molar-refractivity contribution is -0.301. The van der Waals surface area contributed by atoms with Crippen LogP contribution in [0.5, 0.6) is 0 Å². The van der Waals surface area contributed by atoms with Crippen molar-refractivity contribution in [1.82, 2.24) is 0 Å². The average Bonchev–Trinajstić information content (AvgIpc) is 3.31. The van der Waals surface area contributed by atoms with Gasteiger partial charge in [0.05, 0.1) is 6.61 Å². The molecule has 1 aliphatic heterocycles. The SMILES string of the molecule is CC/C=C\C/C=C\C/C=C\C/C=C\CCCCC(=O)OCC(COC1OC(C(=O)O)C(O)C(O)C1OC(=O)CCCCCCCCCCCCCCC)OC(=O)CCCCCCCCCCC. The topological polar surface area (TPSA) is 175 Å². The molecule has 0 saturated carbocycles. The standard InChI is InChI=1S/C55H94O12/c1-4-7-10-13-16-19-21-23-24-26-27-30-32-35-38-41-47(56)63-44-46(65-48(57)42-39-36-33-29-18-15-12-9-6-3)45-64-55-53(51(60)50(59)52(67-55)54(61)62)66-49(58)43-40-37-34-31-28-25-22-20-17-14-11-8-5-2/h7,10,16,19,23-24,27,30,46,50-53,55,59-60H,4-6,8-9,11-15,17-18,20-22,25-26,28-29,31-45H2,1-3H3,(H,61,62)/b10-7-,19-16-,24-23-,30-27-. The minimum Gasteiger partial charge on any atom is -0.479 e. The van der Waals surface area contributed by atoms with Crippen LogP contribution in [0, 0.1) is 0 Å². The molecular weight excluding hydrogens is 853 g/mol. The molecule has 386 valence electrons. The zero-order chi connectivity index (χ0) is 49.0. The molecule has 12 nitrogen and oxygen atoms in total. The zero-order valence-corrected chi connectivity index (χ0v) is 42.1. The highest BCUT2D eigenvalue weighted by atomic mass is 16.7. The fourth-order valence-corrected chi connectivity index (χ4v) is 7.83. The second-order valence-corrected chi connectivity index (χ2v) is 18.1. The lowest BCUT2D eigenvalue weighted by Gasteiger charge is -2.40. The number of allylic oxidation sites excluding steroid dienone is 8. The average molecular weight is 947 g/mol. The molecule has 12 heteroatoms. The van der Waals surface area contributed by atoms with Crippen LogP contribution in [-0.2, 0) is 42.9 Å². The summed E-state index contributed by atoms with van der Waals surface area (Å²) in [5.74, 6) is -3.17. The zero-order valence-electron chi connectivity index (χ0n) is 42.1. The molecule has 6 atom stereocenters. The number of carboxylic acids is 1.